The van der Waals surface area contributed by atoms with Gasteiger partial charge < -0.3 is 20.3 Å². The molecular weight excluding hydrogens is 358 g/mol. The molecule has 2 N–H and O–H groups in total. The predicted molar refractivity (Wildman–Crippen MR) is 97.4 cm³/mol. The van der Waals surface area contributed by atoms with E-state index in [-0.39, 0.29) is 6.03 Å². The van der Waals surface area contributed by atoms with Gasteiger partial charge >= 0.3 is 6.03 Å². The summed E-state index contributed by atoms with van der Waals surface area (Å²) in [6.07, 6.45) is 0. The van der Waals surface area contributed by atoms with Crippen LogP contribution in [0.25, 0.3) is 0 Å². The predicted octanol–water partition coefficient (Wildman–Crippen LogP) is 3.72. The lowest BCUT2D eigenvalue weighted by molar-refractivity contribution is 0.247. The number of halogens is 1. The number of amides is 2. The largest absolute Gasteiger partial charge is 0.491 e. The fraction of sp³-hybridized carbons (Fsp3) is 0.235. The second-order valence-corrected chi connectivity index (χ2v) is 5.96. The summed E-state index contributed by atoms with van der Waals surface area (Å²) in [5, 5.41) is 5.54. The minimum absolute atomic E-state index is 0.252. The second kappa shape index (κ2) is 8.43. The molecule has 0 atom stereocenters. The van der Waals surface area contributed by atoms with Gasteiger partial charge in [-0.25, -0.2) is 4.79 Å². The van der Waals surface area contributed by atoms with Crippen LogP contribution in [0.3, 0.4) is 0 Å². The minimum Gasteiger partial charge on any atom is -0.491 e. The summed E-state index contributed by atoms with van der Waals surface area (Å²) in [6.45, 7) is 0.818. The highest BCUT2D eigenvalue weighted by Crippen LogP contribution is 2.23. The van der Waals surface area contributed by atoms with Gasteiger partial charge in [0.2, 0.25) is 0 Å². The van der Waals surface area contributed by atoms with Gasteiger partial charge in [0, 0.05) is 25.5 Å². The Bertz CT molecular complexity index is 645. The smallest absolute Gasteiger partial charge is 0.319 e. The second-order valence-electron chi connectivity index (χ2n) is 5.10. The fourth-order valence-electron chi connectivity index (χ4n) is 1.91. The summed E-state index contributed by atoms with van der Waals surface area (Å²) in [4.78, 5) is 13.8. The van der Waals surface area contributed by atoms with Crippen LogP contribution in [0.4, 0.5) is 16.2 Å². The van der Waals surface area contributed by atoms with Crippen LogP contribution in [0.15, 0.2) is 53.0 Å². The van der Waals surface area contributed by atoms with Gasteiger partial charge in [-0.3, -0.25) is 0 Å². The lowest BCUT2D eigenvalue weighted by atomic mass is 10.2. The molecule has 0 bridgehead atoms. The Morgan fingerprint density at radius 1 is 1.13 bits per heavy atom. The number of anilines is 2. The lowest BCUT2D eigenvalue weighted by Gasteiger charge is -2.13. The van der Waals surface area contributed by atoms with Gasteiger partial charge in [0.05, 0.1) is 11.0 Å². The maximum atomic E-state index is 11.8. The van der Waals surface area contributed by atoms with E-state index in [0.717, 1.165) is 21.6 Å². The van der Waals surface area contributed by atoms with E-state index >= 15 is 0 Å². The summed E-state index contributed by atoms with van der Waals surface area (Å²) in [5.41, 5.74) is 1.83. The van der Waals surface area contributed by atoms with E-state index in [4.69, 9.17) is 4.74 Å². The zero-order valence-electron chi connectivity index (χ0n) is 13.2. The number of urea groups is 1. The first kappa shape index (κ1) is 17.1. The molecule has 0 heterocycles. The summed E-state index contributed by atoms with van der Waals surface area (Å²) in [5.74, 6) is 0.758. The first-order chi connectivity index (χ1) is 11.1. The molecule has 122 valence electrons. The highest BCUT2D eigenvalue weighted by atomic mass is 79.9. The standard InChI is InChI=1S/C17H20BrN3O2/c1-21(2)14-9-7-13(8-10-14)20-17(22)19-11-12-23-16-6-4-3-5-15(16)18/h3-10H,11-12H2,1-2H3,(H2,19,20,22). The van der Waals surface area contributed by atoms with Gasteiger partial charge in [-0.2, -0.15) is 0 Å². The molecule has 0 fully saturated rings. The molecule has 2 aromatic rings. The summed E-state index contributed by atoms with van der Waals surface area (Å²) >= 11 is 3.41. The third-order valence-corrected chi connectivity index (χ3v) is 3.78. The van der Waals surface area contributed by atoms with Crippen molar-refractivity contribution in [2.24, 2.45) is 0 Å². The fourth-order valence-corrected chi connectivity index (χ4v) is 2.30. The average Bonchev–Trinajstić information content (AvgIpc) is 2.53. The van der Waals surface area contributed by atoms with E-state index in [1.54, 1.807) is 0 Å². The minimum atomic E-state index is -0.252. The van der Waals surface area contributed by atoms with Crippen LogP contribution >= 0.6 is 15.9 Å². The zero-order chi connectivity index (χ0) is 16.7. The van der Waals surface area contributed by atoms with Gasteiger partial charge in [-0.05, 0) is 52.3 Å². The number of para-hydroxylation sites is 1. The molecule has 0 aliphatic carbocycles. The van der Waals surface area contributed by atoms with Crippen LogP contribution in [-0.2, 0) is 0 Å². The van der Waals surface area contributed by atoms with Crippen molar-refractivity contribution >= 4 is 33.3 Å². The van der Waals surface area contributed by atoms with Crippen LogP contribution in [0.1, 0.15) is 0 Å². The molecule has 0 aliphatic heterocycles. The van der Waals surface area contributed by atoms with Crippen molar-refractivity contribution < 1.29 is 9.53 Å². The number of nitrogens with one attached hydrogen (secondary N) is 2. The van der Waals surface area contributed by atoms with Gasteiger partial charge in [-0.15, -0.1) is 0 Å². The number of benzene rings is 2. The molecule has 0 aliphatic rings. The summed E-state index contributed by atoms with van der Waals surface area (Å²) in [6, 6.07) is 15.0. The Labute approximate surface area is 144 Å². The third kappa shape index (κ3) is 5.49. The zero-order valence-corrected chi connectivity index (χ0v) is 14.8. The normalized spacial score (nSPS) is 10.0. The van der Waals surface area contributed by atoms with E-state index in [1.165, 1.54) is 0 Å². The number of nitrogens with zero attached hydrogens (tertiary/aromatic N) is 1. The number of ether oxygens (including phenoxy) is 1. The van der Waals surface area contributed by atoms with Crippen LogP contribution in [-0.4, -0.2) is 33.3 Å². The van der Waals surface area contributed by atoms with Crippen molar-refractivity contribution in [3.05, 3.63) is 53.0 Å². The number of carbonyl (C=O) groups is 1. The van der Waals surface area contributed by atoms with E-state index in [0.29, 0.717) is 13.2 Å². The van der Waals surface area contributed by atoms with Crippen LogP contribution in [0.2, 0.25) is 0 Å². The molecule has 0 saturated heterocycles. The number of carbonyl (C=O) groups excluding carboxylic acids is 1. The molecule has 6 heteroatoms. The molecule has 23 heavy (non-hydrogen) atoms. The highest BCUT2D eigenvalue weighted by molar-refractivity contribution is 9.10. The third-order valence-electron chi connectivity index (χ3n) is 3.12. The van der Waals surface area contributed by atoms with Crippen LogP contribution in [0, 0.1) is 0 Å². The van der Waals surface area contributed by atoms with E-state index in [2.05, 4.69) is 26.6 Å². The number of hydrogen-bond acceptors (Lipinski definition) is 3. The Morgan fingerprint density at radius 2 is 1.83 bits per heavy atom. The topological polar surface area (TPSA) is 53.6 Å². The molecular formula is C17H20BrN3O2. The van der Waals surface area contributed by atoms with Gasteiger partial charge in [-0.1, -0.05) is 12.1 Å². The highest BCUT2D eigenvalue weighted by Gasteiger charge is 2.03. The molecule has 0 spiro atoms. The van der Waals surface area contributed by atoms with Crippen LogP contribution in [0.5, 0.6) is 5.75 Å². The maximum absolute atomic E-state index is 11.8. The molecule has 0 aromatic heterocycles. The van der Waals surface area contributed by atoms with Crippen molar-refractivity contribution in [1.29, 1.82) is 0 Å². The van der Waals surface area contributed by atoms with Crippen molar-refractivity contribution in [1.82, 2.24) is 5.32 Å². The van der Waals surface area contributed by atoms with E-state index in [9.17, 15) is 4.79 Å². The van der Waals surface area contributed by atoms with Gasteiger partial charge in [0.25, 0.3) is 0 Å². The molecule has 2 amide bonds. The monoisotopic (exact) mass is 377 g/mol. The van der Waals surface area contributed by atoms with Gasteiger partial charge in [0.1, 0.15) is 12.4 Å². The van der Waals surface area contributed by atoms with E-state index < -0.39 is 0 Å². The summed E-state index contributed by atoms with van der Waals surface area (Å²) in [7, 11) is 3.94. The lowest BCUT2D eigenvalue weighted by Crippen LogP contribution is -2.32. The van der Waals surface area contributed by atoms with Crippen molar-refractivity contribution in [3.63, 3.8) is 0 Å². The molecule has 0 saturated carbocycles. The summed E-state index contributed by atoms with van der Waals surface area (Å²) < 4.78 is 6.48. The quantitative estimate of drug-likeness (QED) is 0.754. The molecule has 0 radical (unpaired) electrons. The van der Waals surface area contributed by atoms with Crippen LogP contribution < -0.4 is 20.3 Å². The Kier molecular flexibility index (Phi) is 6.29. The first-order valence-electron chi connectivity index (χ1n) is 7.26. The van der Waals surface area contributed by atoms with Gasteiger partial charge in [0.15, 0.2) is 0 Å². The Hall–Kier alpha value is -2.21. The van der Waals surface area contributed by atoms with E-state index in [1.807, 2.05) is 67.5 Å². The molecule has 2 rings (SSSR count). The Morgan fingerprint density at radius 3 is 2.48 bits per heavy atom. The average molecular weight is 378 g/mol. The first-order valence-corrected chi connectivity index (χ1v) is 8.05. The molecule has 0 unspecified atom stereocenters. The maximum Gasteiger partial charge on any atom is 0.319 e. The van der Waals surface area contributed by atoms with Crippen molar-refractivity contribution in [3.8, 4) is 5.75 Å². The number of hydrogen-bond donors (Lipinski definition) is 2. The molecule has 5 nitrogen and oxygen atoms in total. The van der Waals surface area contributed by atoms with Crippen molar-refractivity contribution in [2.45, 2.75) is 0 Å². The SMILES string of the molecule is CN(C)c1ccc(NC(=O)NCCOc2ccccc2Br)cc1. The molecule has 2 aromatic carbocycles. The number of rotatable bonds is 6. The van der Waals surface area contributed by atoms with Crippen molar-refractivity contribution in [2.75, 3.05) is 37.5 Å². The Balaban J connectivity index is 1.72.